The molecule has 41 heavy (non-hydrogen) atoms. The number of carbonyl (C=O) groups excluding carboxylic acids is 1. The molecule has 0 atom stereocenters. The minimum atomic E-state index is -4.26. The van der Waals surface area contributed by atoms with E-state index in [0.29, 0.717) is 27.7 Å². The van der Waals surface area contributed by atoms with Crippen LogP contribution in [0.5, 0.6) is 5.75 Å². The molecule has 0 aliphatic heterocycles. The summed E-state index contributed by atoms with van der Waals surface area (Å²) in [6.07, 6.45) is -0.267. The second kappa shape index (κ2) is 12.2. The topological polar surface area (TPSA) is 42.7 Å². The molecule has 3 aromatic carbocycles. The van der Waals surface area contributed by atoms with Gasteiger partial charge in [-0.15, -0.1) is 0 Å². The van der Waals surface area contributed by atoms with Crippen molar-refractivity contribution < 1.29 is 27.1 Å². The van der Waals surface area contributed by atoms with E-state index in [-0.39, 0.29) is 29.8 Å². The summed E-state index contributed by atoms with van der Waals surface area (Å²) < 4.78 is 50.1. The molecule has 4 aromatic rings. The van der Waals surface area contributed by atoms with Crippen LogP contribution in [0.15, 0.2) is 71.1 Å². The first-order valence-electron chi connectivity index (χ1n) is 14.0. The van der Waals surface area contributed by atoms with Gasteiger partial charge < -0.3 is 14.1 Å². The molecule has 1 amide bonds. The summed E-state index contributed by atoms with van der Waals surface area (Å²) >= 11 is 6.66. The lowest BCUT2D eigenvalue weighted by molar-refractivity contribution is -0.127. The van der Waals surface area contributed by atoms with Gasteiger partial charge in [0.1, 0.15) is 11.3 Å². The number of benzene rings is 3. The van der Waals surface area contributed by atoms with Gasteiger partial charge in [-0.2, -0.15) is 13.2 Å². The fourth-order valence-corrected chi connectivity index (χ4v) is 6.10. The number of ether oxygens (including phenoxy) is 1. The number of alkyl halides is 3. The molecule has 1 saturated carbocycles. The number of amides is 1. The maximum Gasteiger partial charge on any atom is 0.393 e. The molecule has 4 nitrogen and oxygen atoms in total. The monoisotopic (exact) mass is 583 g/mol. The number of nitrogens with zero attached hydrogens (tertiary/aromatic N) is 1. The van der Waals surface area contributed by atoms with Gasteiger partial charge >= 0.3 is 6.18 Å². The molecule has 0 spiro atoms. The number of carbonyl (C=O) groups is 1. The molecule has 0 unspecified atom stereocenters. The van der Waals surface area contributed by atoms with E-state index in [0.717, 1.165) is 48.8 Å². The van der Waals surface area contributed by atoms with Crippen LogP contribution in [0.3, 0.4) is 0 Å². The van der Waals surface area contributed by atoms with Crippen molar-refractivity contribution in [1.29, 1.82) is 0 Å². The Hall–Kier alpha value is -3.45. The summed E-state index contributed by atoms with van der Waals surface area (Å²) in [4.78, 5) is 16.0. The number of para-hydroxylation sites is 1. The lowest BCUT2D eigenvalue weighted by Gasteiger charge is -2.37. The van der Waals surface area contributed by atoms with E-state index in [1.54, 1.807) is 25.3 Å². The zero-order valence-electron chi connectivity index (χ0n) is 23.1. The fraction of sp³-hybridized carbons (Fsp3) is 0.364. The van der Waals surface area contributed by atoms with Crippen molar-refractivity contribution in [2.75, 3.05) is 7.11 Å². The number of methoxy groups -OCH3 is 1. The van der Waals surface area contributed by atoms with E-state index < -0.39 is 12.6 Å². The van der Waals surface area contributed by atoms with Gasteiger partial charge in [0.05, 0.1) is 25.1 Å². The third-order valence-corrected chi connectivity index (χ3v) is 8.51. The number of furan rings is 1. The smallest absolute Gasteiger partial charge is 0.393 e. The molecule has 0 radical (unpaired) electrons. The minimum absolute atomic E-state index is 0.00425. The van der Waals surface area contributed by atoms with Gasteiger partial charge in [0.2, 0.25) is 5.76 Å². The van der Waals surface area contributed by atoms with Crippen LogP contribution in [0, 0.1) is 5.92 Å². The highest BCUT2D eigenvalue weighted by Crippen LogP contribution is 2.37. The number of halogens is 4. The van der Waals surface area contributed by atoms with Crippen LogP contribution in [0.4, 0.5) is 13.2 Å². The molecule has 216 valence electrons. The standard InChI is InChI=1S/C33H33ClF3NO3/c1-3-21-10-15-26(16-11-21)38(32(39)31-30(34)27-6-4-5-7-29(27)41-31)20-25-18-24(14-17-28(25)40-2)23-12-8-22(9-13-23)19-33(35,36)37/h4-9,12-14,17-18,21,26H,3,10-11,15-16,19-20H2,1-2H3. The van der Waals surface area contributed by atoms with E-state index in [1.807, 2.05) is 41.3 Å². The maximum absolute atomic E-state index is 14.1. The number of hydrogen-bond acceptors (Lipinski definition) is 3. The molecule has 1 aliphatic rings. The molecule has 1 aromatic heterocycles. The molecule has 0 saturated heterocycles. The van der Waals surface area contributed by atoms with Gasteiger partial charge in [0, 0.05) is 17.0 Å². The predicted molar refractivity (Wildman–Crippen MR) is 155 cm³/mol. The number of fused-ring (bicyclic) bond motifs is 1. The van der Waals surface area contributed by atoms with E-state index in [2.05, 4.69) is 6.92 Å². The van der Waals surface area contributed by atoms with Crippen molar-refractivity contribution in [2.45, 2.75) is 64.2 Å². The average molecular weight is 584 g/mol. The molecule has 0 bridgehead atoms. The predicted octanol–water partition coefficient (Wildman–Crippen LogP) is 9.48. The van der Waals surface area contributed by atoms with E-state index >= 15 is 0 Å². The minimum Gasteiger partial charge on any atom is -0.496 e. The molecular formula is C33H33ClF3NO3. The van der Waals surface area contributed by atoms with E-state index in [9.17, 15) is 18.0 Å². The van der Waals surface area contributed by atoms with Gasteiger partial charge in [-0.25, -0.2) is 0 Å². The zero-order chi connectivity index (χ0) is 29.1. The van der Waals surface area contributed by atoms with Crippen LogP contribution in [-0.2, 0) is 13.0 Å². The van der Waals surface area contributed by atoms with Crippen molar-refractivity contribution in [3.8, 4) is 16.9 Å². The normalized spacial score (nSPS) is 17.5. The lowest BCUT2D eigenvalue weighted by atomic mass is 9.83. The highest BCUT2D eigenvalue weighted by Gasteiger charge is 2.33. The Labute approximate surface area is 243 Å². The molecule has 1 fully saturated rings. The Bertz CT molecular complexity index is 1500. The van der Waals surface area contributed by atoms with Crippen molar-refractivity contribution in [1.82, 2.24) is 4.90 Å². The van der Waals surface area contributed by atoms with Crippen molar-refractivity contribution in [2.24, 2.45) is 5.92 Å². The molecule has 1 heterocycles. The molecule has 0 N–H and O–H groups in total. The van der Waals surface area contributed by atoms with Crippen LogP contribution in [0.1, 0.15) is 60.7 Å². The van der Waals surface area contributed by atoms with Crippen LogP contribution in [0.2, 0.25) is 5.02 Å². The van der Waals surface area contributed by atoms with E-state index in [1.165, 1.54) is 12.1 Å². The van der Waals surface area contributed by atoms with Crippen LogP contribution >= 0.6 is 11.6 Å². The first-order valence-corrected chi connectivity index (χ1v) is 14.4. The molecule has 1 aliphatic carbocycles. The summed E-state index contributed by atoms with van der Waals surface area (Å²) in [5.74, 6) is 1.13. The Balaban J connectivity index is 1.48. The molecule has 5 rings (SSSR count). The third-order valence-electron chi connectivity index (χ3n) is 8.14. The van der Waals surface area contributed by atoms with Crippen molar-refractivity contribution in [3.05, 3.63) is 88.6 Å². The first kappa shape index (κ1) is 29.1. The Morgan fingerprint density at radius 1 is 1.00 bits per heavy atom. The van der Waals surface area contributed by atoms with E-state index in [4.69, 9.17) is 20.8 Å². The summed E-state index contributed by atoms with van der Waals surface area (Å²) in [6.45, 7) is 2.48. The number of hydrogen-bond donors (Lipinski definition) is 0. The quantitative estimate of drug-likeness (QED) is 0.207. The van der Waals surface area contributed by atoms with Crippen molar-refractivity contribution >= 4 is 28.5 Å². The summed E-state index contributed by atoms with van der Waals surface area (Å²) in [6, 6.07) is 19.3. The highest BCUT2D eigenvalue weighted by atomic mass is 35.5. The SMILES string of the molecule is CCC1CCC(N(Cc2cc(-c3ccc(CC(F)(F)F)cc3)ccc2OC)C(=O)c2oc3ccccc3c2Cl)CC1. The highest BCUT2D eigenvalue weighted by molar-refractivity contribution is 6.38. The first-order chi connectivity index (χ1) is 19.7. The van der Waals surface area contributed by atoms with Crippen LogP contribution in [0.25, 0.3) is 22.1 Å². The average Bonchev–Trinajstić information content (AvgIpc) is 3.31. The molecule has 8 heteroatoms. The Morgan fingerprint density at radius 2 is 1.68 bits per heavy atom. The van der Waals surface area contributed by atoms with Crippen molar-refractivity contribution in [3.63, 3.8) is 0 Å². The second-order valence-corrected chi connectivity index (χ2v) is 11.2. The summed E-state index contributed by atoms with van der Waals surface area (Å²) in [5.41, 5.74) is 3.16. The number of rotatable bonds is 8. The maximum atomic E-state index is 14.1. The fourth-order valence-electron chi connectivity index (χ4n) is 5.83. The largest absolute Gasteiger partial charge is 0.496 e. The lowest BCUT2D eigenvalue weighted by Crippen LogP contribution is -2.42. The van der Waals surface area contributed by atoms with Crippen LogP contribution < -0.4 is 4.74 Å². The summed E-state index contributed by atoms with van der Waals surface area (Å²) in [5, 5.41) is 0.998. The van der Waals surface area contributed by atoms with Gasteiger partial charge in [0.15, 0.2) is 0 Å². The van der Waals surface area contributed by atoms with Gasteiger partial charge in [-0.1, -0.05) is 67.4 Å². The van der Waals surface area contributed by atoms with Gasteiger partial charge in [-0.3, -0.25) is 4.79 Å². The Kier molecular flexibility index (Phi) is 8.64. The second-order valence-electron chi connectivity index (χ2n) is 10.8. The summed E-state index contributed by atoms with van der Waals surface area (Å²) in [7, 11) is 1.58. The molecular weight excluding hydrogens is 551 g/mol. The zero-order valence-corrected chi connectivity index (χ0v) is 23.9. The van der Waals surface area contributed by atoms with Gasteiger partial charge in [-0.05, 0) is 72.6 Å². The van der Waals surface area contributed by atoms with Crippen LogP contribution in [-0.4, -0.2) is 30.1 Å². The Morgan fingerprint density at radius 3 is 2.32 bits per heavy atom. The third kappa shape index (κ3) is 6.56. The van der Waals surface area contributed by atoms with Gasteiger partial charge in [0.25, 0.3) is 5.91 Å².